The normalized spacial score (nSPS) is 10.7. The van der Waals surface area contributed by atoms with Crippen LogP contribution in [0, 0.1) is 0 Å². The van der Waals surface area contributed by atoms with Gasteiger partial charge in [0.2, 0.25) is 0 Å². The monoisotopic (exact) mass is 398 g/mol. The van der Waals surface area contributed by atoms with Crippen LogP contribution in [-0.4, -0.2) is 36.5 Å². The number of benzene rings is 2. The van der Waals surface area contributed by atoms with Crippen LogP contribution in [0.2, 0.25) is 0 Å². The smallest absolute Gasteiger partial charge is 0.254 e. The number of hydrogen-bond donors (Lipinski definition) is 0. The Hall–Kier alpha value is -2.40. The molecule has 0 aliphatic carbocycles. The van der Waals surface area contributed by atoms with Crippen molar-refractivity contribution in [2.45, 2.75) is 6.92 Å². The Labute approximate surface area is 155 Å². The van der Waals surface area contributed by atoms with Gasteiger partial charge in [0.1, 0.15) is 5.75 Å². The van der Waals surface area contributed by atoms with Crippen LogP contribution in [0.15, 0.2) is 53.0 Å². The highest BCUT2D eigenvalue weighted by Crippen LogP contribution is 2.28. The summed E-state index contributed by atoms with van der Waals surface area (Å²) >= 11 is 3.47. The highest BCUT2D eigenvalue weighted by molar-refractivity contribution is 9.10. The van der Waals surface area contributed by atoms with Crippen molar-refractivity contribution in [2.75, 3.05) is 20.7 Å². The molecular formula is C20H19BrN2O2. The summed E-state index contributed by atoms with van der Waals surface area (Å²) < 4.78 is 6.41. The molecule has 4 nitrogen and oxygen atoms in total. The first-order chi connectivity index (χ1) is 12.0. The van der Waals surface area contributed by atoms with Crippen LogP contribution >= 0.6 is 15.9 Å². The first-order valence-corrected chi connectivity index (χ1v) is 8.84. The van der Waals surface area contributed by atoms with Gasteiger partial charge in [-0.15, -0.1) is 0 Å². The number of aromatic nitrogens is 1. The van der Waals surface area contributed by atoms with Crippen molar-refractivity contribution in [2.24, 2.45) is 0 Å². The molecule has 0 N–H and O–H groups in total. The maximum Gasteiger partial charge on any atom is 0.254 e. The first kappa shape index (κ1) is 17.4. The number of amides is 1. The van der Waals surface area contributed by atoms with Crippen molar-refractivity contribution in [3.8, 4) is 17.0 Å². The van der Waals surface area contributed by atoms with E-state index in [1.54, 1.807) is 19.0 Å². The van der Waals surface area contributed by atoms with Crippen LogP contribution in [0.25, 0.3) is 22.2 Å². The third-order valence-corrected chi connectivity index (χ3v) is 4.36. The number of hydrogen-bond acceptors (Lipinski definition) is 3. The van der Waals surface area contributed by atoms with E-state index in [0.29, 0.717) is 12.2 Å². The fourth-order valence-electron chi connectivity index (χ4n) is 2.65. The second-order valence-electron chi connectivity index (χ2n) is 5.87. The van der Waals surface area contributed by atoms with E-state index in [0.717, 1.165) is 32.4 Å². The summed E-state index contributed by atoms with van der Waals surface area (Å²) in [6.45, 7) is 2.58. The quantitative estimate of drug-likeness (QED) is 0.635. The van der Waals surface area contributed by atoms with Crippen LogP contribution in [0.1, 0.15) is 17.3 Å². The van der Waals surface area contributed by atoms with E-state index < -0.39 is 0 Å². The molecule has 5 heteroatoms. The highest BCUT2D eigenvalue weighted by Gasteiger charge is 2.16. The molecule has 0 saturated heterocycles. The molecule has 0 fully saturated rings. The molecule has 0 saturated carbocycles. The second-order valence-corrected chi connectivity index (χ2v) is 6.79. The fraction of sp³-hybridized carbons (Fsp3) is 0.200. The van der Waals surface area contributed by atoms with Gasteiger partial charge in [0.25, 0.3) is 5.91 Å². The Balaban J connectivity index is 2.16. The molecule has 25 heavy (non-hydrogen) atoms. The molecule has 0 radical (unpaired) electrons. The maximum absolute atomic E-state index is 12.7. The van der Waals surface area contributed by atoms with Crippen molar-refractivity contribution in [3.63, 3.8) is 0 Å². The van der Waals surface area contributed by atoms with Gasteiger partial charge < -0.3 is 9.64 Å². The van der Waals surface area contributed by atoms with E-state index in [4.69, 9.17) is 9.72 Å². The molecule has 0 unspecified atom stereocenters. The SMILES string of the molecule is CCOc1ccc(-c2cc(C(=O)N(C)C)c3cc(Br)ccc3n2)cc1. The lowest BCUT2D eigenvalue weighted by atomic mass is 10.0. The number of rotatable bonds is 4. The Morgan fingerprint density at radius 3 is 2.48 bits per heavy atom. The molecular weight excluding hydrogens is 380 g/mol. The number of pyridine rings is 1. The number of halogens is 1. The molecule has 1 heterocycles. The van der Waals surface area contributed by atoms with Crippen molar-refractivity contribution in [1.29, 1.82) is 0 Å². The fourth-order valence-corrected chi connectivity index (χ4v) is 3.01. The number of carbonyl (C=O) groups excluding carboxylic acids is 1. The first-order valence-electron chi connectivity index (χ1n) is 8.05. The van der Waals surface area contributed by atoms with Crippen molar-refractivity contribution in [3.05, 3.63) is 58.6 Å². The Bertz CT molecular complexity index is 921. The molecule has 2 aromatic carbocycles. The summed E-state index contributed by atoms with van der Waals surface area (Å²) in [5, 5.41) is 0.836. The van der Waals surface area contributed by atoms with Crippen LogP contribution < -0.4 is 4.74 Å². The lowest BCUT2D eigenvalue weighted by molar-refractivity contribution is 0.0829. The Morgan fingerprint density at radius 1 is 1.12 bits per heavy atom. The molecule has 128 valence electrons. The van der Waals surface area contributed by atoms with E-state index in [1.807, 2.05) is 55.5 Å². The zero-order chi connectivity index (χ0) is 18.0. The van der Waals surface area contributed by atoms with Gasteiger partial charge in [-0.3, -0.25) is 4.79 Å². The molecule has 3 aromatic rings. The largest absolute Gasteiger partial charge is 0.494 e. The average Bonchev–Trinajstić information content (AvgIpc) is 2.61. The predicted octanol–water partition coefficient (Wildman–Crippen LogP) is 4.76. The van der Waals surface area contributed by atoms with Gasteiger partial charge in [-0.2, -0.15) is 0 Å². The third kappa shape index (κ3) is 3.66. The molecule has 1 aromatic heterocycles. The van der Waals surface area contributed by atoms with Crippen molar-refractivity contribution in [1.82, 2.24) is 9.88 Å². The van der Waals surface area contributed by atoms with Crippen LogP contribution in [-0.2, 0) is 0 Å². The molecule has 0 aliphatic heterocycles. The summed E-state index contributed by atoms with van der Waals surface area (Å²) in [7, 11) is 3.51. The Morgan fingerprint density at radius 2 is 1.84 bits per heavy atom. The van der Waals surface area contributed by atoms with Crippen LogP contribution in [0.3, 0.4) is 0 Å². The number of fused-ring (bicyclic) bond motifs is 1. The van der Waals surface area contributed by atoms with Gasteiger partial charge in [-0.1, -0.05) is 15.9 Å². The summed E-state index contributed by atoms with van der Waals surface area (Å²) in [6.07, 6.45) is 0. The standard InChI is InChI=1S/C20H19BrN2O2/c1-4-25-15-8-5-13(6-9-15)19-12-17(20(24)23(2)3)16-11-14(21)7-10-18(16)22-19/h5-12H,4H2,1-3H3. The number of carbonyl (C=O) groups is 1. The summed E-state index contributed by atoms with van der Waals surface area (Å²) in [5.74, 6) is 0.776. The number of nitrogens with zero attached hydrogens (tertiary/aromatic N) is 2. The van der Waals surface area contributed by atoms with Gasteiger partial charge in [0.05, 0.1) is 23.4 Å². The molecule has 0 aliphatic rings. The van der Waals surface area contributed by atoms with Gasteiger partial charge in [-0.25, -0.2) is 4.98 Å². The highest BCUT2D eigenvalue weighted by atomic mass is 79.9. The molecule has 1 amide bonds. The second kappa shape index (κ2) is 7.23. The van der Waals surface area contributed by atoms with Gasteiger partial charge in [0, 0.05) is 29.5 Å². The van der Waals surface area contributed by atoms with Gasteiger partial charge in [0.15, 0.2) is 0 Å². The average molecular weight is 399 g/mol. The Kier molecular flexibility index (Phi) is 5.04. The molecule has 0 spiro atoms. The summed E-state index contributed by atoms with van der Waals surface area (Å²) in [4.78, 5) is 19.0. The lowest BCUT2D eigenvalue weighted by Crippen LogP contribution is -2.22. The minimum atomic E-state index is -0.0438. The van der Waals surface area contributed by atoms with Gasteiger partial charge in [-0.05, 0) is 55.5 Å². The predicted molar refractivity (Wildman–Crippen MR) is 104 cm³/mol. The molecule has 0 atom stereocenters. The van der Waals surface area contributed by atoms with Crippen molar-refractivity contribution >= 4 is 32.7 Å². The molecule has 3 rings (SSSR count). The maximum atomic E-state index is 12.7. The van der Waals surface area contributed by atoms with Gasteiger partial charge >= 0.3 is 0 Å². The van der Waals surface area contributed by atoms with E-state index in [1.165, 1.54) is 0 Å². The molecule has 0 bridgehead atoms. The van der Waals surface area contributed by atoms with E-state index in [9.17, 15) is 4.79 Å². The minimum Gasteiger partial charge on any atom is -0.494 e. The van der Waals surface area contributed by atoms with E-state index in [2.05, 4.69) is 15.9 Å². The lowest BCUT2D eigenvalue weighted by Gasteiger charge is -2.14. The van der Waals surface area contributed by atoms with Crippen LogP contribution in [0.4, 0.5) is 0 Å². The van der Waals surface area contributed by atoms with Crippen LogP contribution in [0.5, 0.6) is 5.75 Å². The summed E-state index contributed by atoms with van der Waals surface area (Å²) in [5.41, 5.74) is 3.14. The topological polar surface area (TPSA) is 42.4 Å². The minimum absolute atomic E-state index is 0.0438. The summed E-state index contributed by atoms with van der Waals surface area (Å²) in [6, 6.07) is 15.4. The van der Waals surface area contributed by atoms with E-state index in [-0.39, 0.29) is 5.91 Å². The van der Waals surface area contributed by atoms with E-state index >= 15 is 0 Å². The zero-order valence-electron chi connectivity index (χ0n) is 14.4. The van der Waals surface area contributed by atoms with Crippen molar-refractivity contribution < 1.29 is 9.53 Å². The third-order valence-electron chi connectivity index (χ3n) is 3.87. The number of ether oxygens (including phenoxy) is 1. The zero-order valence-corrected chi connectivity index (χ0v) is 16.0.